The lowest BCUT2D eigenvalue weighted by Crippen LogP contribution is -2.20. The van der Waals surface area contributed by atoms with Crippen LogP contribution < -0.4 is 19.8 Å². The van der Waals surface area contributed by atoms with E-state index in [1.54, 1.807) is 19.4 Å². The van der Waals surface area contributed by atoms with Crippen molar-refractivity contribution < 1.29 is 14.2 Å². The van der Waals surface area contributed by atoms with E-state index in [0.29, 0.717) is 41.4 Å². The van der Waals surface area contributed by atoms with Gasteiger partial charge in [-0.15, -0.1) is 0 Å². The molecule has 0 bridgehead atoms. The smallest absolute Gasteiger partial charge is 0.282 e. The van der Waals surface area contributed by atoms with Gasteiger partial charge in [0.1, 0.15) is 5.75 Å². The second-order valence-electron chi connectivity index (χ2n) is 8.95. The molecule has 4 aromatic rings. The van der Waals surface area contributed by atoms with Crippen molar-refractivity contribution in [2.24, 2.45) is 5.10 Å². The topological polar surface area (TPSA) is 74.9 Å². The van der Waals surface area contributed by atoms with Crippen molar-refractivity contribution in [1.29, 1.82) is 0 Å². The van der Waals surface area contributed by atoms with Gasteiger partial charge in [0.2, 0.25) is 0 Å². The van der Waals surface area contributed by atoms with Crippen LogP contribution in [0.1, 0.15) is 50.3 Å². The van der Waals surface area contributed by atoms with E-state index in [0.717, 1.165) is 28.0 Å². The number of benzene rings is 3. The van der Waals surface area contributed by atoms with E-state index in [1.807, 2.05) is 69.3 Å². The summed E-state index contributed by atoms with van der Waals surface area (Å²) in [4.78, 5) is 18.5. The summed E-state index contributed by atoms with van der Waals surface area (Å²) in [7, 11) is 1.67. The highest BCUT2D eigenvalue weighted by Gasteiger charge is 2.18. The molecule has 0 spiro atoms. The Morgan fingerprint density at radius 1 is 0.973 bits per heavy atom. The number of aromatic nitrogens is 2. The van der Waals surface area contributed by atoms with Crippen LogP contribution in [0.25, 0.3) is 22.3 Å². The van der Waals surface area contributed by atoms with Gasteiger partial charge in [-0.3, -0.25) is 4.79 Å². The van der Waals surface area contributed by atoms with Crippen LogP contribution in [0.4, 0.5) is 0 Å². The Labute approximate surface area is 217 Å². The van der Waals surface area contributed by atoms with E-state index < -0.39 is 0 Å². The first-order valence-corrected chi connectivity index (χ1v) is 12.5. The molecule has 1 heterocycles. The van der Waals surface area contributed by atoms with Crippen molar-refractivity contribution in [1.82, 2.24) is 9.66 Å². The van der Waals surface area contributed by atoms with Crippen LogP contribution in [0.5, 0.6) is 17.2 Å². The molecule has 0 saturated heterocycles. The highest BCUT2D eigenvalue weighted by Crippen LogP contribution is 2.34. The molecule has 0 aliphatic rings. The van der Waals surface area contributed by atoms with Gasteiger partial charge in [-0.05, 0) is 85.8 Å². The van der Waals surface area contributed by atoms with Crippen LogP contribution in [0.15, 0.2) is 64.5 Å². The quantitative estimate of drug-likeness (QED) is 0.257. The van der Waals surface area contributed by atoms with Gasteiger partial charge in [0.25, 0.3) is 5.56 Å². The van der Waals surface area contributed by atoms with Crippen molar-refractivity contribution in [3.8, 4) is 28.6 Å². The number of para-hydroxylation sites is 1. The van der Waals surface area contributed by atoms with Gasteiger partial charge in [0.15, 0.2) is 17.3 Å². The van der Waals surface area contributed by atoms with Gasteiger partial charge in [-0.2, -0.15) is 9.78 Å². The average molecular weight is 500 g/mol. The second kappa shape index (κ2) is 11.3. The lowest BCUT2D eigenvalue weighted by molar-refractivity contribution is 0.288. The SMILES string of the molecule is CCOc1ccc(C=Nn2c(-c3cc(C(C)C)c(OC)cc3C)nc3ccccc3c2=O)cc1OCC. The first-order chi connectivity index (χ1) is 17.9. The van der Waals surface area contributed by atoms with Gasteiger partial charge in [-0.1, -0.05) is 26.0 Å². The lowest BCUT2D eigenvalue weighted by Gasteiger charge is -2.17. The zero-order valence-corrected chi connectivity index (χ0v) is 22.2. The Bertz CT molecular complexity index is 1510. The molecule has 192 valence electrons. The zero-order valence-electron chi connectivity index (χ0n) is 22.2. The third kappa shape index (κ3) is 5.35. The van der Waals surface area contributed by atoms with Crippen molar-refractivity contribution in [2.45, 2.75) is 40.5 Å². The summed E-state index contributed by atoms with van der Waals surface area (Å²) in [6, 6.07) is 16.9. The fourth-order valence-corrected chi connectivity index (χ4v) is 4.24. The monoisotopic (exact) mass is 499 g/mol. The van der Waals surface area contributed by atoms with E-state index in [-0.39, 0.29) is 11.5 Å². The van der Waals surface area contributed by atoms with Crippen LogP contribution in [0.3, 0.4) is 0 Å². The Balaban J connectivity index is 1.91. The molecular formula is C30H33N3O4. The maximum atomic E-state index is 13.6. The fraction of sp³-hybridized carbons (Fsp3) is 0.300. The van der Waals surface area contributed by atoms with Gasteiger partial charge >= 0.3 is 0 Å². The van der Waals surface area contributed by atoms with Gasteiger partial charge in [-0.25, -0.2) is 4.98 Å². The predicted octanol–water partition coefficient (Wildman–Crippen LogP) is 6.18. The first-order valence-electron chi connectivity index (χ1n) is 12.5. The molecule has 0 aliphatic carbocycles. The maximum Gasteiger partial charge on any atom is 0.282 e. The van der Waals surface area contributed by atoms with Gasteiger partial charge < -0.3 is 14.2 Å². The highest BCUT2D eigenvalue weighted by atomic mass is 16.5. The molecule has 7 heteroatoms. The van der Waals surface area contributed by atoms with Crippen LogP contribution >= 0.6 is 0 Å². The molecule has 0 aliphatic heterocycles. The number of fused-ring (bicyclic) bond motifs is 1. The Hall–Kier alpha value is -4.13. The molecular weight excluding hydrogens is 466 g/mol. The van der Waals surface area contributed by atoms with Crippen LogP contribution in [-0.4, -0.2) is 36.2 Å². The molecule has 3 aromatic carbocycles. The number of ether oxygens (including phenoxy) is 3. The van der Waals surface area contributed by atoms with E-state index in [9.17, 15) is 4.79 Å². The molecule has 0 saturated carbocycles. The Morgan fingerprint density at radius 3 is 2.41 bits per heavy atom. The number of methoxy groups -OCH3 is 1. The van der Waals surface area contributed by atoms with Crippen molar-refractivity contribution >= 4 is 17.1 Å². The minimum atomic E-state index is -0.242. The largest absolute Gasteiger partial charge is 0.496 e. The predicted molar refractivity (Wildman–Crippen MR) is 149 cm³/mol. The summed E-state index contributed by atoms with van der Waals surface area (Å²) in [5.74, 6) is 2.80. The second-order valence-corrected chi connectivity index (χ2v) is 8.95. The summed E-state index contributed by atoms with van der Waals surface area (Å²) >= 11 is 0. The summed E-state index contributed by atoms with van der Waals surface area (Å²) in [6.45, 7) is 11.1. The van der Waals surface area contributed by atoms with Crippen LogP contribution in [-0.2, 0) is 0 Å². The van der Waals surface area contributed by atoms with Crippen molar-refractivity contribution in [2.75, 3.05) is 20.3 Å². The molecule has 0 unspecified atom stereocenters. The summed E-state index contributed by atoms with van der Waals surface area (Å²) in [5, 5.41) is 5.13. The molecule has 0 radical (unpaired) electrons. The zero-order chi connectivity index (χ0) is 26.5. The number of hydrogen-bond acceptors (Lipinski definition) is 6. The Kier molecular flexibility index (Phi) is 7.92. The third-order valence-electron chi connectivity index (χ3n) is 6.08. The van der Waals surface area contributed by atoms with E-state index in [4.69, 9.17) is 19.2 Å². The molecule has 0 N–H and O–H groups in total. The molecule has 7 nitrogen and oxygen atoms in total. The highest BCUT2D eigenvalue weighted by molar-refractivity contribution is 5.83. The molecule has 4 rings (SSSR count). The third-order valence-corrected chi connectivity index (χ3v) is 6.08. The average Bonchev–Trinajstić information content (AvgIpc) is 2.89. The molecule has 0 amide bonds. The molecule has 1 aromatic heterocycles. The number of nitrogens with zero attached hydrogens (tertiary/aromatic N) is 3. The van der Waals surface area contributed by atoms with E-state index >= 15 is 0 Å². The standard InChI is InChI=1S/C30H33N3O4/c1-7-36-26-14-13-21(16-28(26)37-8-2)18-31-33-29(32-25-12-10-9-11-22(25)30(33)34)24-17-23(19(3)4)27(35-6)15-20(24)5/h9-19H,7-8H2,1-6H3. The van der Waals surface area contributed by atoms with E-state index in [2.05, 4.69) is 18.9 Å². The van der Waals surface area contributed by atoms with Gasteiger partial charge in [0.05, 0.1) is 37.4 Å². The summed E-state index contributed by atoms with van der Waals surface area (Å²) in [6.07, 6.45) is 1.64. The number of hydrogen-bond donors (Lipinski definition) is 0. The lowest BCUT2D eigenvalue weighted by atomic mass is 9.96. The summed E-state index contributed by atoms with van der Waals surface area (Å²) < 4.78 is 18.4. The minimum absolute atomic E-state index is 0.222. The number of rotatable bonds is 9. The van der Waals surface area contributed by atoms with Gasteiger partial charge in [0, 0.05) is 5.56 Å². The summed E-state index contributed by atoms with van der Waals surface area (Å²) in [5.41, 5.74) is 3.95. The molecule has 0 fully saturated rings. The normalized spacial score (nSPS) is 11.4. The first kappa shape index (κ1) is 25.9. The Morgan fingerprint density at radius 2 is 1.70 bits per heavy atom. The van der Waals surface area contributed by atoms with E-state index in [1.165, 1.54) is 4.68 Å². The van der Waals surface area contributed by atoms with Crippen molar-refractivity contribution in [3.63, 3.8) is 0 Å². The molecule has 0 atom stereocenters. The van der Waals surface area contributed by atoms with Crippen LogP contribution in [0, 0.1) is 6.92 Å². The molecule has 37 heavy (non-hydrogen) atoms. The maximum absolute atomic E-state index is 13.6. The van der Waals surface area contributed by atoms with Crippen molar-refractivity contribution in [3.05, 3.63) is 81.6 Å². The fourth-order valence-electron chi connectivity index (χ4n) is 4.24. The number of aryl methyl sites for hydroxylation is 1. The minimum Gasteiger partial charge on any atom is -0.496 e. The van der Waals surface area contributed by atoms with Crippen LogP contribution in [0.2, 0.25) is 0 Å².